The average Bonchev–Trinajstić information content (AvgIpc) is 2.70. The van der Waals surface area contributed by atoms with Crippen LogP contribution in [-0.2, 0) is 27.3 Å². The van der Waals surface area contributed by atoms with Crippen molar-refractivity contribution in [2.75, 3.05) is 0 Å². The molecule has 0 saturated carbocycles. The zero-order valence-electron chi connectivity index (χ0n) is 21.0. The molecule has 184 valence electrons. The van der Waals surface area contributed by atoms with Crippen molar-refractivity contribution in [3.05, 3.63) is 75.8 Å². The molecule has 7 heteroatoms. The number of rotatable bonds is 2. The van der Waals surface area contributed by atoms with Crippen molar-refractivity contribution in [2.24, 2.45) is 4.99 Å². The predicted molar refractivity (Wildman–Crippen MR) is 133 cm³/mol. The van der Waals surface area contributed by atoms with Gasteiger partial charge in [0.25, 0.3) is 0 Å². The molecule has 3 rings (SSSR count). The van der Waals surface area contributed by atoms with E-state index >= 15 is 0 Å². The summed E-state index contributed by atoms with van der Waals surface area (Å²) >= 11 is 6.16. The molecule has 0 spiro atoms. The molecule has 0 saturated heterocycles. The number of nitrogens with zero attached hydrogens (tertiary/aromatic N) is 3. The van der Waals surface area contributed by atoms with Crippen LogP contribution < -0.4 is 10.2 Å². The number of aromatic nitrogens is 2. The maximum atomic E-state index is 12.1. The minimum atomic E-state index is -0.463. The first-order valence-corrected chi connectivity index (χ1v) is 11.2. The van der Waals surface area contributed by atoms with Crippen molar-refractivity contribution >= 4 is 23.5 Å². The Kier molecular flexibility index (Phi) is 10.3. The third-order valence-corrected chi connectivity index (χ3v) is 5.39. The van der Waals surface area contributed by atoms with E-state index in [1.807, 2.05) is 47.6 Å². The van der Waals surface area contributed by atoms with E-state index in [2.05, 4.69) is 40.9 Å². The van der Waals surface area contributed by atoms with Crippen LogP contribution in [0.5, 0.6) is 11.5 Å². The molecule has 0 aliphatic heterocycles. The topological polar surface area (TPSA) is 84.3 Å². The smallest absolute Gasteiger partial charge is 0.873 e. The van der Waals surface area contributed by atoms with Gasteiger partial charge in [-0.3, -0.25) is 15.0 Å². The Hall–Kier alpha value is -2.43. The van der Waals surface area contributed by atoms with Gasteiger partial charge in [-0.05, 0) is 53.0 Å². The maximum absolute atomic E-state index is 12.1. The van der Waals surface area contributed by atoms with E-state index in [9.17, 15) is 10.2 Å². The first kappa shape index (κ1) is 29.6. The monoisotopic (exact) mass is 523 g/mol. The summed E-state index contributed by atoms with van der Waals surface area (Å²) in [5.41, 5.74) is 4.23. The standard InChI is InChI=1S/C14H21ClO2.C13H13N3.Ni/c1-13(2,3)8-7-9(15)10(14(4,5)6)12(17)11(8)16;1-10-4-3-5-11(2)13(10)16-9-12-8-14-6-7-15-12;/h7,16-17H,1-6H3;3-9H,1-2H3;/q;;+2/p-2. The Morgan fingerprint density at radius 1 is 0.912 bits per heavy atom. The molecule has 0 amide bonds. The van der Waals surface area contributed by atoms with Crippen molar-refractivity contribution in [1.82, 2.24) is 9.97 Å². The van der Waals surface area contributed by atoms with Crippen LogP contribution in [0.1, 0.15) is 69.5 Å². The number of benzene rings is 2. The fourth-order valence-electron chi connectivity index (χ4n) is 3.38. The summed E-state index contributed by atoms with van der Waals surface area (Å²) in [5, 5.41) is 24.6. The largest absolute Gasteiger partial charge is 2.00 e. The molecule has 0 bridgehead atoms. The van der Waals surface area contributed by atoms with Gasteiger partial charge < -0.3 is 10.2 Å². The Morgan fingerprint density at radius 3 is 1.97 bits per heavy atom. The second-order valence-electron chi connectivity index (χ2n) is 10.1. The second-order valence-corrected chi connectivity index (χ2v) is 10.5. The molecule has 5 nitrogen and oxygen atoms in total. The van der Waals surface area contributed by atoms with E-state index in [1.54, 1.807) is 30.9 Å². The van der Waals surface area contributed by atoms with E-state index < -0.39 is 16.9 Å². The molecule has 0 unspecified atom stereocenters. The van der Waals surface area contributed by atoms with Crippen LogP contribution in [0.25, 0.3) is 0 Å². The number of hydrogen-bond acceptors (Lipinski definition) is 5. The summed E-state index contributed by atoms with van der Waals surface area (Å²) < 4.78 is 0. The quantitative estimate of drug-likeness (QED) is 0.307. The molecule has 1 aromatic heterocycles. The maximum Gasteiger partial charge on any atom is 2.00 e. The molecule has 0 aliphatic carbocycles. The minimum Gasteiger partial charge on any atom is -0.873 e. The Labute approximate surface area is 218 Å². The van der Waals surface area contributed by atoms with Gasteiger partial charge >= 0.3 is 16.5 Å². The van der Waals surface area contributed by atoms with Crippen LogP contribution in [0.4, 0.5) is 5.69 Å². The Morgan fingerprint density at radius 2 is 1.50 bits per heavy atom. The summed E-state index contributed by atoms with van der Waals surface area (Å²) in [5.74, 6) is -0.887. The minimum absolute atomic E-state index is 0. The van der Waals surface area contributed by atoms with E-state index in [1.165, 1.54) is 11.1 Å². The molecular weight excluding hydrogens is 492 g/mol. The van der Waals surface area contributed by atoms with Crippen LogP contribution in [0.2, 0.25) is 5.02 Å². The van der Waals surface area contributed by atoms with Crippen molar-refractivity contribution in [1.29, 1.82) is 0 Å². The van der Waals surface area contributed by atoms with Crippen molar-refractivity contribution in [3.8, 4) is 11.5 Å². The van der Waals surface area contributed by atoms with Crippen molar-refractivity contribution in [2.45, 2.75) is 66.2 Å². The zero-order valence-corrected chi connectivity index (χ0v) is 22.7. The van der Waals surface area contributed by atoms with Crippen LogP contribution >= 0.6 is 11.6 Å². The third kappa shape index (κ3) is 7.54. The SMILES string of the molecule is CC(C)(C)c1cc(Cl)c(C(C)(C)C)c([O-])c1[O-].Cc1cccc(C)c1N=Cc1cnccn1.[Ni+2]. The van der Waals surface area contributed by atoms with Gasteiger partial charge in [-0.15, -0.1) is 11.5 Å². The second kappa shape index (κ2) is 11.8. The van der Waals surface area contributed by atoms with Gasteiger partial charge in [0.2, 0.25) is 0 Å². The van der Waals surface area contributed by atoms with Gasteiger partial charge in [0.05, 0.1) is 23.8 Å². The van der Waals surface area contributed by atoms with Gasteiger partial charge in [0, 0.05) is 17.4 Å². The summed E-state index contributed by atoms with van der Waals surface area (Å²) in [4.78, 5) is 12.6. The first-order valence-electron chi connectivity index (χ1n) is 10.8. The molecule has 1 heterocycles. The van der Waals surface area contributed by atoms with E-state index in [-0.39, 0.29) is 21.9 Å². The normalized spacial score (nSPS) is 11.6. The molecule has 0 fully saturated rings. The number of aliphatic imine (C=N–C) groups is 1. The van der Waals surface area contributed by atoms with Crippen LogP contribution in [0.3, 0.4) is 0 Å². The number of aryl methyl sites for hydroxylation is 2. The summed E-state index contributed by atoms with van der Waals surface area (Å²) in [6, 6.07) is 7.78. The van der Waals surface area contributed by atoms with Crippen LogP contribution in [-0.4, -0.2) is 16.2 Å². The van der Waals surface area contributed by atoms with Crippen molar-refractivity contribution in [3.63, 3.8) is 0 Å². The molecule has 0 atom stereocenters. The van der Waals surface area contributed by atoms with E-state index in [0.29, 0.717) is 16.1 Å². The fraction of sp³-hybridized carbons (Fsp3) is 0.370. The van der Waals surface area contributed by atoms with E-state index in [0.717, 1.165) is 11.4 Å². The molecule has 3 aromatic rings. The summed E-state index contributed by atoms with van der Waals surface area (Å²) in [6.07, 6.45) is 6.74. The zero-order chi connectivity index (χ0) is 25.0. The Balaban J connectivity index is 0.000000331. The van der Waals surface area contributed by atoms with E-state index in [4.69, 9.17) is 11.6 Å². The number of para-hydroxylation sites is 1. The molecule has 0 radical (unpaired) electrons. The third-order valence-electron chi connectivity index (χ3n) is 5.09. The summed E-state index contributed by atoms with van der Waals surface area (Å²) in [7, 11) is 0. The molecule has 0 aliphatic rings. The van der Waals surface area contributed by atoms with Crippen LogP contribution in [0, 0.1) is 13.8 Å². The number of halogens is 1. The molecule has 2 aromatic carbocycles. The predicted octanol–water partition coefficient (Wildman–Crippen LogP) is 5.92. The van der Waals surface area contributed by atoms with Crippen molar-refractivity contribution < 1.29 is 26.7 Å². The van der Waals surface area contributed by atoms with Gasteiger partial charge in [-0.25, -0.2) is 0 Å². The average molecular weight is 525 g/mol. The Bertz CT molecular complexity index is 1120. The molecule has 34 heavy (non-hydrogen) atoms. The fourth-order valence-corrected chi connectivity index (χ4v) is 3.86. The molecule has 0 N–H and O–H groups in total. The molecular formula is C27H32ClN3NiO2. The van der Waals surface area contributed by atoms with Crippen LogP contribution in [0.15, 0.2) is 47.8 Å². The van der Waals surface area contributed by atoms with Gasteiger partial charge in [-0.1, -0.05) is 71.3 Å². The summed E-state index contributed by atoms with van der Waals surface area (Å²) in [6.45, 7) is 15.4. The first-order chi connectivity index (χ1) is 15.2. The number of hydrogen-bond donors (Lipinski definition) is 0. The van der Waals surface area contributed by atoms with Gasteiger partial charge in [0.1, 0.15) is 0 Å². The van der Waals surface area contributed by atoms with Gasteiger partial charge in [0.15, 0.2) is 0 Å². The van der Waals surface area contributed by atoms with Gasteiger partial charge in [-0.2, -0.15) is 0 Å².